The molecule has 1 nitrogen and oxygen atoms in total. The summed E-state index contributed by atoms with van der Waals surface area (Å²) in [7, 11) is -1.05. The molecular formula is C11H26LiNSi. The molecule has 0 aliphatic heterocycles. The van der Waals surface area contributed by atoms with Gasteiger partial charge in [-0.25, -0.2) is 0 Å². The second-order valence-electron chi connectivity index (χ2n) is 4.86. The second kappa shape index (κ2) is 7.99. The molecule has 0 spiro atoms. The molecule has 3 heteroatoms. The third-order valence-electron chi connectivity index (χ3n) is 3.28. The predicted molar refractivity (Wildman–Crippen MR) is 69.4 cm³/mol. The van der Waals surface area contributed by atoms with Gasteiger partial charge in [0.25, 0.3) is 0 Å². The maximum absolute atomic E-state index is 2.81. The molecule has 0 N–H and O–H groups in total. The summed E-state index contributed by atoms with van der Waals surface area (Å²) in [5, 5.41) is 0. The average Bonchev–Trinajstić information content (AvgIpc) is 2.17. The SMILES string of the molecule is [Li][CH2][Si](C)(C)N(CCCC)CCCC. The fraction of sp³-hybridized carbons (Fsp3) is 1.00. The van der Waals surface area contributed by atoms with Crippen molar-refractivity contribution in [2.75, 3.05) is 13.1 Å². The van der Waals surface area contributed by atoms with Gasteiger partial charge in [-0.3, -0.25) is 0 Å². The first-order valence-corrected chi connectivity index (χ1v) is 9.49. The van der Waals surface area contributed by atoms with Gasteiger partial charge < -0.3 is 0 Å². The Morgan fingerprint density at radius 3 is 1.71 bits per heavy atom. The zero-order valence-electron chi connectivity index (χ0n) is 10.9. The van der Waals surface area contributed by atoms with Crippen LogP contribution in [0.3, 0.4) is 0 Å². The Balaban J connectivity index is 4.08. The second-order valence-corrected chi connectivity index (χ2v) is 9.82. The van der Waals surface area contributed by atoms with Crippen LogP contribution in [0, 0.1) is 0 Å². The molecule has 0 heterocycles. The minimum absolute atomic E-state index is 1.05. The molecule has 0 bridgehead atoms. The molecule has 0 radical (unpaired) electrons. The topological polar surface area (TPSA) is 3.24 Å². The van der Waals surface area contributed by atoms with E-state index in [1.807, 2.05) is 0 Å². The number of hydrogen-bond donors (Lipinski definition) is 0. The van der Waals surface area contributed by atoms with E-state index in [0.717, 1.165) is 0 Å². The molecule has 0 saturated heterocycles. The molecular weight excluding hydrogens is 181 g/mol. The number of rotatable bonds is 8. The van der Waals surface area contributed by atoms with Gasteiger partial charge in [0.1, 0.15) is 0 Å². The summed E-state index contributed by atoms with van der Waals surface area (Å²) in [6, 6.07) is 0. The van der Waals surface area contributed by atoms with Crippen LogP contribution in [-0.4, -0.2) is 43.6 Å². The van der Waals surface area contributed by atoms with E-state index in [-0.39, 0.29) is 0 Å². The van der Waals surface area contributed by atoms with Gasteiger partial charge in [-0.05, 0) is 0 Å². The Hall–Kier alpha value is 0.774. The van der Waals surface area contributed by atoms with Crippen molar-refractivity contribution in [2.45, 2.75) is 57.3 Å². The third-order valence-corrected chi connectivity index (χ3v) is 7.17. The summed E-state index contributed by atoms with van der Waals surface area (Å²) in [6.07, 6.45) is 5.41. The van der Waals surface area contributed by atoms with Crippen molar-refractivity contribution in [1.82, 2.24) is 4.57 Å². The van der Waals surface area contributed by atoms with Crippen LogP contribution in [0.2, 0.25) is 17.8 Å². The van der Waals surface area contributed by atoms with Gasteiger partial charge in [-0.1, -0.05) is 0 Å². The summed E-state index contributed by atoms with van der Waals surface area (Å²) in [6.45, 7) is 12.3. The average molecular weight is 207 g/mol. The van der Waals surface area contributed by atoms with Crippen molar-refractivity contribution in [1.29, 1.82) is 0 Å². The normalized spacial score (nSPS) is 12.5. The summed E-state index contributed by atoms with van der Waals surface area (Å²) in [5.74, 6) is 0. The van der Waals surface area contributed by atoms with Crippen LogP contribution in [-0.2, 0) is 0 Å². The molecule has 0 amide bonds. The number of unbranched alkanes of at least 4 members (excludes halogenated alkanes) is 2. The van der Waals surface area contributed by atoms with Gasteiger partial charge in [-0.15, -0.1) is 0 Å². The van der Waals surface area contributed by atoms with E-state index in [0.29, 0.717) is 0 Å². The van der Waals surface area contributed by atoms with E-state index in [1.165, 1.54) is 43.5 Å². The zero-order chi connectivity index (χ0) is 11.0. The van der Waals surface area contributed by atoms with Crippen LogP contribution in [0.4, 0.5) is 0 Å². The Kier molecular flexibility index (Phi) is 8.43. The van der Waals surface area contributed by atoms with E-state index in [1.54, 1.807) is 0 Å². The number of hydrogen-bond acceptors (Lipinski definition) is 1. The molecule has 0 aromatic carbocycles. The van der Waals surface area contributed by atoms with Crippen LogP contribution in [0.1, 0.15) is 39.5 Å². The van der Waals surface area contributed by atoms with E-state index >= 15 is 0 Å². The molecule has 0 aromatic rings. The van der Waals surface area contributed by atoms with Gasteiger partial charge in [0, 0.05) is 0 Å². The first-order valence-electron chi connectivity index (χ1n) is 6.33. The van der Waals surface area contributed by atoms with Crippen molar-refractivity contribution >= 4 is 26.0 Å². The van der Waals surface area contributed by atoms with E-state index in [9.17, 15) is 0 Å². The Morgan fingerprint density at radius 2 is 1.43 bits per heavy atom. The van der Waals surface area contributed by atoms with Crippen molar-refractivity contribution in [3.05, 3.63) is 0 Å². The maximum atomic E-state index is 2.81. The molecule has 0 saturated carbocycles. The van der Waals surface area contributed by atoms with Crippen LogP contribution < -0.4 is 0 Å². The van der Waals surface area contributed by atoms with Crippen LogP contribution >= 0.6 is 0 Å². The van der Waals surface area contributed by atoms with Crippen molar-refractivity contribution in [2.24, 2.45) is 0 Å². The quantitative estimate of drug-likeness (QED) is 0.552. The van der Waals surface area contributed by atoms with Crippen molar-refractivity contribution in [3.63, 3.8) is 0 Å². The predicted octanol–water partition coefficient (Wildman–Crippen LogP) is 3.22. The Labute approximate surface area is 101 Å². The summed E-state index contributed by atoms with van der Waals surface area (Å²) in [4.78, 5) is 0. The molecule has 0 aliphatic rings. The van der Waals surface area contributed by atoms with Gasteiger partial charge in [-0.2, -0.15) is 0 Å². The van der Waals surface area contributed by atoms with Gasteiger partial charge in [0.15, 0.2) is 0 Å². The monoisotopic (exact) mass is 207 g/mol. The fourth-order valence-corrected chi connectivity index (χ4v) is 3.61. The molecule has 0 aromatic heterocycles. The van der Waals surface area contributed by atoms with Gasteiger partial charge in [0.2, 0.25) is 0 Å². The number of nitrogens with zero attached hydrogens (tertiary/aromatic N) is 1. The molecule has 0 aliphatic carbocycles. The zero-order valence-corrected chi connectivity index (χ0v) is 11.9. The van der Waals surface area contributed by atoms with Crippen molar-refractivity contribution in [3.8, 4) is 0 Å². The van der Waals surface area contributed by atoms with Crippen LogP contribution in [0.25, 0.3) is 0 Å². The van der Waals surface area contributed by atoms with Crippen LogP contribution in [0.5, 0.6) is 0 Å². The Bertz CT molecular complexity index is 131. The first kappa shape index (κ1) is 14.8. The molecule has 0 atom stereocenters. The fourth-order valence-electron chi connectivity index (χ4n) is 1.64. The standard InChI is InChI=1S/C11H26NSi.Li/c1-6-8-10-12(11-9-7-2)13(3,4)5;/h3,6-11H2,1-2,4-5H3;. The Morgan fingerprint density at radius 1 is 1.00 bits per heavy atom. The summed E-state index contributed by atoms with van der Waals surface area (Å²) >= 11 is 2.36. The molecule has 14 heavy (non-hydrogen) atoms. The van der Waals surface area contributed by atoms with Gasteiger partial charge >= 0.3 is 101 Å². The summed E-state index contributed by atoms with van der Waals surface area (Å²) in [5.41, 5.74) is 0. The molecule has 0 rings (SSSR count). The van der Waals surface area contributed by atoms with E-state index in [4.69, 9.17) is 0 Å². The van der Waals surface area contributed by atoms with Crippen molar-refractivity contribution < 1.29 is 0 Å². The molecule has 0 fully saturated rings. The summed E-state index contributed by atoms with van der Waals surface area (Å²) < 4.78 is 4.19. The first-order chi connectivity index (χ1) is 6.58. The molecule has 80 valence electrons. The molecule has 0 unspecified atom stereocenters. The van der Waals surface area contributed by atoms with E-state index in [2.05, 4.69) is 49.2 Å². The van der Waals surface area contributed by atoms with Crippen LogP contribution in [0.15, 0.2) is 0 Å². The third kappa shape index (κ3) is 5.61. The van der Waals surface area contributed by atoms with Gasteiger partial charge in [0.05, 0.1) is 0 Å². The minimum atomic E-state index is -1.05. The van der Waals surface area contributed by atoms with E-state index < -0.39 is 8.24 Å².